The summed E-state index contributed by atoms with van der Waals surface area (Å²) in [6, 6.07) is 11.7. The van der Waals surface area contributed by atoms with E-state index >= 15 is 0 Å². The van der Waals surface area contributed by atoms with E-state index in [1.54, 1.807) is 31.2 Å². The zero-order valence-corrected chi connectivity index (χ0v) is 22.9. The molecule has 4 atom stereocenters. The van der Waals surface area contributed by atoms with Crippen LogP contribution in [-0.2, 0) is 22.5 Å². The number of esters is 1. The molecule has 1 saturated carbocycles. The second-order valence-corrected chi connectivity index (χ2v) is 10.5. The van der Waals surface area contributed by atoms with Gasteiger partial charge in [-0.05, 0) is 42.5 Å². The molecule has 1 saturated heterocycles. The highest BCUT2D eigenvalue weighted by atomic mass is 19.2. The van der Waals surface area contributed by atoms with Gasteiger partial charge in [-0.25, -0.2) is 26.7 Å². The lowest BCUT2D eigenvalue weighted by Gasteiger charge is -2.20. The van der Waals surface area contributed by atoms with Crippen LogP contribution in [0.4, 0.5) is 22.0 Å². The minimum atomic E-state index is -1.18. The average Bonchev–Trinajstić information content (AvgIpc) is 3.39. The van der Waals surface area contributed by atoms with Gasteiger partial charge in [-0.2, -0.15) is 0 Å². The zero-order chi connectivity index (χ0) is 29.8. The third kappa shape index (κ3) is 7.38. The molecule has 1 aliphatic carbocycles. The van der Waals surface area contributed by atoms with Gasteiger partial charge in [0, 0.05) is 68.5 Å². The SMILES string of the molecule is CCOC(=O)[C@H](Cc1ccc(OCCNC2C3CN(Cc4cc(F)c(F)cc4F)C[C@@H]32)cc1)Oc1cc(F)cc(F)c1. The Morgan fingerprint density at radius 3 is 2.24 bits per heavy atom. The van der Waals surface area contributed by atoms with Gasteiger partial charge in [0.05, 0.1) is 6.61 Å². The molecule has 3 aromatic rings. The first-order valence-corrected chi connectivity index (χ1v) is 13.8. The number of likely N-dealkylation sites (tertiary alicyclic amines) is 1. The fourth-order valence-corrected chi connectivity index (χ4v) is 5.47. The number of hydrogen-bond acceptors (Lipinski definition) is 6. The zero-order valence-electron chi connectivity index (χ0n) is 22.9. The second kappa shape index (κ2) is 13.1. The third-order valence-electron chi connectivity index (χ3n) is 7.51. The number of carbonyl (C=O) groups is 1. The van der Waals surface area contributed by atoms with Gasteiger partial charge in [-0.15, -0.1) is 0 Å². The van der Waals surface area contributed by atoms with Crippen molar-refractivity contribution in [2.24, 2.45) is 11.8 Å². The summed E-state index contributed by atoms with van der Waals surface area (Å²) in [5.41, 5.74) is 0.902. The van der Waals surface area contributed by atoms with E-state index in [0.29, 0.717) is 42.8 Å². The van der Waals surface area contributed by atoms with Gasteiger partial charge in [0.1, 0.15) is 35.6 Å². The molecule has 0 radical (unpaired) electrons. The van der Waals surface area contributed by atoms with Crippen LogP contribution in [0.3, 0.4) is 0 Å². The van der Waals surface area contributed by atoms with Crippen LogP contribution in [0.15, 0.2) is 54.6 Å². The molecule has 5 rings (SSSR count). The highest BCUT2D eigenvalue weighted by Gasteiger charge is 2.55. The Hall–Kier alpha value is -3.70. The molecule has 6 nitrogen and oxygen atoms in total. The molecular formula is C31H31F5N2O4. The van der Waals surface area contributed by atoms with Crippen LogP contribution in [0.1, 0.15) is 18.1 Å². The van der Waals surface area contributed by atoms with Crippen LogP contribution < -0.4 is 14.8 Å². The Bertz CT molecular complexity index is 1370. The summed E-state index contributed by atoms with van der Waals surface area (Å²) in [6.07, 6.45) is -0.963. The quantitative estimate of drug-likeness (QED) is 0.130. The number of nitrogens with one attached hydrogen (secondary N) is 1. The molecule has 2 fully saturated rings. The Kier molecular flexibility index (Phi) is 9.27. The highest BCUT2D eigenvalue weighted by molar-refractivity contribution is 5.75. The van der Waals surface area contributed by atoms with Crippen LogP contribution in [-0.4, -0.2) is 55.9 Å². The summed E-state index contributed by atoms with van der Waals surface area (Å²) < 4.78 is 84.2. The number of hydrogen-bond donors (Lipinski definition) is 1. The minimum Gasteiger partial charge on any atom is -0.492 e. The first-order valence-electron chi connectivity index (χ1n) is 13.8. The standard InChI is InChI=1S/C31H31F5N2O4/c1-2-40-31(39)29(42-23-12-20(32)11-21(33)13-23)9-18-3-5-22(6-4-18)41-8-7-37-30-24-16-38(17-25(24)30)15-19-10-27(35)28(36)14-26(19)34/h3-6,10-14,24-25,29-30,37H,2,7-9,15-17H2,1H3/t24-,25?,29-,30?/m0/s1. The van der Waals surface area contributed by atoms with Crippen LogP contribution >= 0.6 is 0 Å². The summed E-state index contributed by atoms with van der Waals surface area (Å²) in [4.78, 5) is 14.5. The second-order valence-electron chi connectivity index (χ2n) is 10.5. The summed E-state index contributed by atoms with van der Waals surface area (Å²) in [5, 5.41) is 3.48. The van der Waals surface area contributed by atoms with Crippen molar-refractivity contribution >= 4 is 5.97 Å². The number of nitrogens with zero attached hydrogens (tertiary/aromatic N) is 1. The summed E-state index contributed by atoms with van der Waals surface area (Å²) in [5.74, 6) is -3.85. The number of halogens is 5. The summed E-state index contributed by atoms with van der Waals surface area (Å²) in [6.45, 7) is 4.61. The molecule has 11 heteroatoms. The van der Waals surface area contributed by atoms with Crippen LogP contribution in [0.5, 0.6) is 11.5 Å². The molecule has 0 aromatic heterocycles. The van der Waals surface area contributed by atoms with E-state index in [-0.39, 0.29) is 30.9 Å². The summed E-state index contributed by atoms with van der Waals surface area (Å²) >= 11 is 0. The Balaban J connectivity index is 1.04. The number of ether oxygens (including phenoxy) is 3. The fourth-order valence-electron chi connectivity index (χ4n) is 5.47. The van der Waals surface area contributed by atoms with Crippen LogP contribution in [0.25, 0.3) is 0 Å². The largest absolute Gasteiger partial charge is 0.492 e. The molecule has 0 amide bonds. The molecule has 42 heavy (non-hydrogen) atoms. The normalized spacial score (nSPS) is 20.2. The van der Waals surface area contributed by atoms with E-state index in [9.17, 15) is 26.7 Å². The number of piperidine rings is 1. The van der Waals surface area contributed by atoms with Crippen molar-refractivity contribution in [1.29, 1.82) is 0 Å². The van der Waals surface area contributed by atoms with E-state index < -0.39 is 41.2 Å². The van der Waals surface area contributed by atoms with Gasteiger partial charge >= 0.3 is 5.97 Å². The molecule has 1 aliphatic heterocycles. The maximum absolute atomic E-state index is 14.0. The molecule has 0 spiro atoms. The number of fused-ring (bicyclic) bond motifs is 1. The van der Waals surface area contributed by atoms with Gasteiger partial charge in [-0.1, -0.05) is 12.1 Å². The van der Waals surface area contributed by atoms with Gasteiger partial charge in [0.25, 0.3) is 0 Å². The highest BCUT2D eigenvalue weighted by Crippen LogP contribution is 2.45. The van der Waals surface area contributed by atoms with Crippen molar-refractivity contribution in [1.82, 2.24) is 10.2 Å². The molecular weight excluding hydrogens is 559 g/mol. The van der Waals surface area contributed by atoms with Crippen molar-refractivity contribution in [3.05, 3.63) is 94.8 Å². The van der Waals surface area contributed by atoms with Crippen LogP contribution in [0, 0.1) is 40.9 Å². The topological polar surface area (TPSA) is 60.0 Å². The van der Waals surface area contributed by atoms with Crippen molar-refractivity contribution in [3.63, 3.8) is 0 Å². The van der Waals surface area contributed by atoms with Gasteiger partial charge in [0.2, 0.25) is 0 Å². The van der Waals surface area contributed by atoms with E-state index in [2.05, 4.69) is 10.2 Å². The predicted molar refractivity (Wildman–Crippen MR) is 143 cm³/mol. The molecule has 2 unspecified atom stereocenters. The maximum atomic E-state index is 14.0. The lowest BCUT2D eigenvalue weighted by molar-refractivity contribution is -0.151. The molecule has 1 heterocycles. The number of carbonyl (C=O) groups excluding carboxylic acids is 1. The maximum Gasteiger partial charge on any atom is 0.347 e. The van der Waals surface area contributed by atoms with Crippen molar-refractivity contribution < 1.29 is 41.0 Å². The monoisotopic (exact) mass is 590 g/mol. The van der Waals surface area contributed by atoms with Crippen molar-refractivity contribution in [2.75, 3.05) is 32.8 Å². The Morgan fingerprint density at radius 2 is 1.57 bits per heavy atom. The van der Waals surface area contributed by atoms with E-state index in [1.165, 1.54) is 0 Å². The molecule has 3 aromatic carbocycles. The Labute approximate surface area is 240 Å². The van der Waals surface area contributed by atoms with Crippen molar-refractivity contribution in [3.8, 4) is 11.5 Å². The fraction of sp³-hybridized carbons (Fsp3) is 0.387. The van der Waals surface area contributed by atoms with E-state index in [1.807, 2.05) is 0 Å². The van der Waals surface area contributed by atoms with Gasteiger partial charge in [0.15, 0.2) is 17.7 Å². The van der Waals surface area contributed by atoms with Crippen molar-refractivity contribution in [2.45, 2.75) is 32.0 Å². The Morgan fingerprint density at radius 1 is 0.905 bits per heavy atom. The smallest absolute Gasteiger partial charge is 0.347 e. The molecule has 0 bridgehead atoms. The third-order valence-corrected chi connectivity index (χ3v) is 7.51. The van der Waals surface area contributed by atoms with Gasteiger partial charge in [-0.3, -0.25) is 4.90 Å². The van der Waals surface area contributed by atoms with E-state index in [4.69, 9.17) is 14.2 Å². The number of benzene rings is 3. The number of rotatable bonds is 13. The first kappa shape index (κ1) is 29.8. The molecule has 1 N–H and O–H groups in total. The summed E-state index contributed by atoms with van der Waals surface area (Å²) in [7, 11) is 0. The molecule has 224 valence electrons. The van der Waals surface area contributed by atoms with Gasteiger partial charge < -0.3 is 19.5 Å². The van der Waals surface area contributed by atoms with E-state index in [0.717, 1.165) is 42.9 Å². The van der Waals surface area contributed by atoms with Crippen LogP contribution in [0.2, 0.25) is 0 Å². The first-order chi connectivity index (χ1) is 20.2. The predicted octanol–water partition coefficient (Wildman–Crippen LogP) is 5.03. The minimum absolute atomic E-state index is 0.109. The average molecular weight is 591 g/mol. The lowest BCUT2D eigenvalue weighted by atomic mass is 10.1. The molecule has 2 aliphatic rings. The lowest BCUT2D eigenvalue weighted by Crippen LogP contribution is -2.33.